The monoisotopic (exact) mass is 315 g/mol. The summed E-state index contributed by atoms with van der Waals surface area (Å²) in [6.45, 7) is 9.53. The zero-order chi connectivity index (χ0) is 13.8. The highest BCUT2D eigenvalue weighted by atomic mass is 79.9. The molecule has 0 fully saturated rings. The van der Waals surface area contributed by atoms with Gasteiger partial charge in [0, 0.05) is 16.6 Å². The summed E-state index contributed by atoms with van der Waals surface area (Å²) in [6.07, 6.45) is 0. The van der Waals surface area contributed by atoms with Gasteiger partial charge in [-0.2, -0.15) is 0 Å². The van der Waals surface area contributed by atoms with Gasteiger partial charge in [-0.25, -0.2) is 0 Å². The van der Waals surface area contributed by atoms with Crippen LogP contribution in [-0.2, 0) is 6.54 Å². The molecule has 1 aromatic rings. The molecule has 4 heteroatoms. The third-order valence-corrected chi connectivity index (χ3v) is 2.91. The van der Waals surface area contributed by atoms with Crippen molar-refractivity contribution in [2.45, 2.75) is 39.8 Å². The predicted octanol–water partition coefficient (Wildman–Crippen LogP) is 3.02. The second-order valence-corrected chi connectivity index (χ2v) is 6.01. The quantitative estimate of drug-likeness (QED) is 0.848. The number of hydrogen-bond acceptors (Lipinski definition) is 3. The van der Waals surface area contributed by atoms with E-state index in [9.17, 15) is 5.11 Å². The molecule has 102 valence electrons. The Morgan fingerprint density at radius 1 is 1.39 bits per heavy atom. The lowest BCUT2D eigenvalue weighted by Crippen LogP contribution is -2.28. The molecule has 0 saturated heterocycles. The highest BCUT2D eigenvalue weighted by molar-refractivity contribution is 9.10. The molecule has 0 aliphatic heterocycles. The molecule has 0 spiro atoms. The minimum Gasteiger partial charge on any atom is -0.490 e. The highest BCUT2D eigenvalue weighted by Gasteiger charge is 2.16. The van der Waals surface area contributed by atoms with E-state index in [0.29, 0.717) is 0 Å². The van der Waals surface area contributed by atoms with Crippen LogP contribution in [0.2, 0.25) is 0 Å². The molecule has 0 amide bonds. The number of rotatable bonds is 6. The van der Waals surface area contributed by atoms with E-state index in [1.165, 1.54) is 0 Å². The molecule has 0 atom stereocenters. The number of benzene rings is 1. The average Bonchev–Trinajstić information content (AvgIpc) is 2.23. The van der Waals surface area contributed by atoms with Crippen LogP contribution in [0.3, 0.4) is 0 Å². The molecule has 1 rings (SSSR count). The van der Waals surface area contributed by atoms with Crippen LogP contribution in [0, 0.1) is 6.92 Å². The van der Waals surface area contributed by atoms with Crippen LogP contribution in [0.4, 0.5) is 0 Å². The van der Waals surface area contributed by atoms with E-state index in [4.69, 9.17) is 4.74 Å². The van der Waals surface area contributed by atoms with Crippen LogP contribution >= 0.6 is 15.9 Å². The van der Waals surface area contributed by atoms with E-state index in [1.807, 2.05) is 13.0 Å². The van der Waals surface area contributed by atoms with Crippen molar-refractivity contribution in [3.63, 3.8) is 0 Å². The first-order chi connectivity index (χ1) is 8.33. The van der Waals surface area contributed by atoms with Gasteiger partial charge >= 0.3 is 0 Å². The first-order valence-electron chi connectivity index (χ1n) is 6.18. The van der Waals surface area contributed by atoms with Gasteiger partial charge in [-0.3, -0.25) is 0 Å². The molecular weight excluding hydrogens is 294 g/mol. The summed E-state index contributed by atoms with van der Waals surface area (Å²) in [5.41, 5.74) is 1.35. The lowest BCUT2D eigenvalue weighted by molar-refractivity contribution is 0.0279. The molecule has 0 saturated carbocycles. The van der Waals surface area contributed by atoms with E-state index in [1.54, 1.807) is 13.8 Å². The lowest BCUT2D eigenvalue weighted by atomic mass is 10.1. The largest absolute Gasteiger partial charge is 0.490 e. The fourth-order valence-electron chi connectivity index (χ4n) is 1.65. The third kappa shape index (κ3) is 4.96. The Morgan fingerprint density at radius 3 is 2.61 bits per heavy atom. The molecule has 2 N–H and O–H groups in total. The molecular formula is C14H22BrNO2. The molecule has 0 bridgehead atoms. The van der Waals surface area contributed by atoms with Crippen LogP contribution < -0.4 is 10.1 Å². The van der Waals surface area contributed by atoms with Gasteiger partial charge in [-0.1, -0.05) is 22.9 Å². The molecule has 0 aromatic heterocycles. The van der Waals surface area contributed by atoms with Crippen LogP contribution in [0.15, 0.2) is 16.6 Å². The van der Waals surface area contributed by atoms with Crippen molar-refractivity contribution in [1.82, 2.24) is 5.32 Å². The molecule has 0 heterocycles. The van der Waals surface area contributed by atoms with Crippen molar-refractivity contribution in [3.05, 3.63) is 27.7 Å². The fraction of sp³-hybridized carbons (Fsp3) is 0.571. The highest BCUT2D eigenvalue weighted by Crippen LogP contribution is 2.28. The number of halogens is 1. The maximum absolute atomic E-state index is 9.74. The summed E-state index contributed by atoms with van der Waals surface area (Å²) in [6, 6.07) is 4.07. The standard InChI is InChI=1S/C14H22BrNO2/c1-5-16-8-11-7-12(15)6-10(2)13(11)18-9-14(3,4)17/h6-7,16-17H,5,8-9H2,1-4H3. The van der Waals surface area contributed by atoms with E-state index in [-0.39, 0.29) is 6.61 Å². The topological polar surface area (TPSA) is 41.5 Å². The smallest absolute Gasteiger partial charge is 0.126 e. The van der Waals surface area contributed by atoms with Crippen LogP contribution in [-0.4, -0.2) is 23.9 Å². The Hall–Kier alpha value is -0.580. The summed E-state index contributed by atoms with van der Waals surface area (Å²) in [5, 5.41) is 13.0. The van der Waals surface area contributed by atoms with Gasteiger partial charge in [-0.15, -0.1) is 0 Å². The fourth-order valence-corrected chi connectivity index (χ4v) is 2.27. The Morgan fingerprint density at radius 2 is 2.06 bits per heavy atom. The molecule has 0 aliphatic rings. The van der Waals surface area contributed by atoms with Crippen molar-refractivity contribution >= 4 is 15.9 Å². The molecule has 18 heavy (non-hydrogen) atoms. The minimum atomic E-state index is -0.824. The Balaban J connectivity index is 2.92. The molecule has 0 radical (unpaired) electrons. The predicted molar refractivity (Wildman–Crippen MR) is 78.1 cm³/mol. The van der Waals surface area contributed by atoms with Gasteiger partial charge < -0.3 is 15.2 Å². The van der Waals surface area contributed by atoms with Gasteiger partial charge in [0.05, 0.1) is 5.60 Å². The number of hydrogen-bond donors (Lipinski definition) is 2. The number of aryl methyl sites for hydroxylation is 1. The summed E-state index contributed by atoms with van der Waals surface area (Å²) < 4.78 is 6.82. The van der Waals surface area contributed by atoms with Gasteiger partial charge in [0.2, 0.25) is 0 Å². The van der Waals surface area contributed by atoms with E-state index in [0.717, 1.165) is 34.4 Å². The van der Waals surface area contributed by atoms with E-state index in [2.05, 4.69) is 34.2 Å². The lowest BCUT2D eigenvalue weighted by Gasteiger charge is -2.21. The first-order valence-corrected chi connectivity index (χ1v) is 6.97. The summed E-state index contributed by atoms with van der Waals surface area (Å²) in [5.74, 6) is 0.862. The Kier molecular flexibility index (Phi) is 5.63. The maximum Gasteiger partial charge on any atom is 0.126 e. The minimum absolute atomic E-state index is 0.286. The normalized spacial score (nSPS) is 11.7. The maximum atomic E-state index is 9.74. The van der Waals surface area contributed by atoms with E-state index < -0.39 is 5.60 Å². The van der Waals surface area contributed by atoms with Crippen LogP contribution in [0.5, 0.6) is 5.75 Å². The van der Waals surface area contributed by atoms with Gasteiger partial charge in [0.25, 0.3) is 0 Å². The molecule has 1 aromatic carbocycles. The van der Waals surface area contributed by atoms with Crippen LogP contribution in [0.25, 0.3) is 0 Å². The van der Waals surface area contributed by atoms with Crippen molar-refractivity contribution in [1.29, 1.82) is 0 Å². The van der Waals surface area contributed by atoms with Crippen molar-refractivity contribution < 1.29 is 9.84 Å². The molecule has 0 unspecified atom stereocenters. The van der Waals surface area contributed by atoms with Gasteiger partial charge in [0.1, 0.15) is 12.4 Å². The number of ether oxygens (including phenoxy) is 1. The number of nitrogens with one attached hydrogen (secondary N) is 1. The zero-order valence-corrected chi connectivity index (χ0v) is 13.1. The van der Waals surface area contributed by atoms with Crippen molar-refractivity contribution in [2.24, 2.45) is 0 Å². The Bertz CT molecular complexity index is 400. The van der Waals surface area contributed by atoms with Crippen LogP contribution in [0.1, 0.15) is 31.9 Å². The van der Waals surface area contributed by atoms with Gasteiger partial charge in [-0.05, 0) is 45.0 Å². The third-order valence-electron chi connectivity index (χ3n) is 2.45. The average molecular weight is 316 g/mol. The SMILES string of the molecule is CCNCc1cc(Br)cc(C)c1OCC(C)(C)O. The van der Waals surface area contributed by atoms with Gasteiger partial charge in [0.15, 0.2) is 0 Å². The summed E-state index contributed by atoms with van der Waals surface area (Å²) in [4.78, 5) is 0. The van der Waals surface area contributed by atoms with E-state index >= 15 is 0 Å². The first kappa shape index (κ1) is 15.5. The molecule has 3 nitrogen and oxygen atoms in total. The molecule has 0 aliphatic carbocycles. The summed E-state index contributed by atoms with van der Waals surface area (Å²) in [7, 11) is 0. The summed E-state index contributed by atoms with van der Waals surface area (Å²) >= 11 is 3.50. The number of aliphatic hydroxyl groups is 1. The second kappa shape index (κ2) is 6.55. The second-order valence-electron chi connectivity index (χ2n) is 5.09. The van der Waals surface area contributed by atoms with Crippen molar-refractivity contribution in [2.75, 3.05) is 13.2 Å². The zero-order valence-electron chi connectivity index (χ0n) is 11.5. The van der Waals surface area contributed by atoms with Crippen molar-refractivity contribution in [3.8, 4) is 5.75 Å². The Labute approximate surface area is 118 Å².